The van der Waals surface area contributed by atoms with Crippen molar-refractivity contribution in [3.05, 3.63) is 215 Å². The number of halogens is 6. The summed E-state index contributed by atoms with van der Waals surface area (Å²) in [6.07, 6.45) is 6.96. The van der Waals surface area contributed by atoms with Gasteiger partial charge in [-0.05, 0) is 147 Å². The number of hydrogen-bond donors (Lipinski definition) is 2. The SMILES string of the molecule is NCCOc1ccc(-c2ccc(C(=O)N3CCC(F)(F)CC3)cc2)cc1-c1ccc(F)cc1.O=C(CCCOc1ccc(-c2ccc(C(=O)N3CCC(F)(F)CC3)cc2)cc1-c1ccc(F)cc1)N1Cc2ccncc2C1.c1cc2c(cn1)CNC2. The third-order valence-electron chi connectivity index (χ3n) is 15.6. The quantitative estimate of drug-likeness (QED) is 0.0803. The predicted octanol–water partition coefficient (Wildman–Crippen LogP) is 13.2. The number of nitrogens with one attached hydrogen (secondary N) is 1. The highest BCUT2D eigenvalue weighted by atomic mass is 19.3. The zero-order valence-corrected chi connectivity index (χ0v) is 47.3. The molecule has 4 aliphatic rings. The molecule has 18 heteroatoms. The van der Waals surface area contributed by atoms with Crippen molar-refractivity contribution in [1.82, 2.24) is 30.0 Å². The highest BCUT2D eigenvalue weighted by Crippen LogP contribution is 2.38. The Bertz CT molecular complexity index is 3580. The highest BCUT2D eigenvalue weighted by Gasteiger charge is 2.37. The molecule has 2 saturated heterocycles. The molecular weight excluding hydrogens is 1110 g/mol. The molecule has 4 aliphatic heterocycles. The third kappa shape index (κ3) is 15.3. The average molecular weight is 1170 g/mol. The summed E-state index contributed by atoms with van der Waals surface area (Å²) in [5.74, 6) is -5.25. The molecule has 444 valence electrons. The Hall–Kier alpha value is -8.87. The number of aromatic nitrogens is 2. The number of benzene rings is 6. The van der Waals surface area contributed by atoms with Crippen LogP contribution in [0, 0.1) is 11.6 Å². The number of nitrogens with two attached hydrogens (primary N) is 1. The average Bonchev–Trinajstić information content (AvgIpc) is 4.04. The summed E-state index contributed by atoms with van der Waals surface area (Å²) in [6, 6.07) is 41.9. The molecule has 0 aliphatic carbocycles. The molecular formula is C68H65F6N7O5. The van der Waals surface area contributed by atoms with E-state index in [9.17, 15) is 40.7 Å². The van der Waals surface area contributed by atoms with Crippen LogP contribution in [0.4, 0.5) is 26.3 Å². The lowest BCUT2D eigenvalue weighted by molar-refractivity contribution is -0.132. The normalized spacial score (nSPS) is 15.5. The van der Waals surface area contributed by atoms with Gasteiger partial charge in [0.25, 0.3) is 23.7 Å². The first-order valence-corrected chi connectivity index (χ1v) is 28.7. The van der Waals surface area contributed by atoms with Gasteiger partial charge in [-0.25, -0.2) is 26.3 Å². The van der Waals surface area contributed by atoms with E-state index in [4.69, 9.17) is 15.2 Å². The lowest BCUT2D eigenvalue weighted by Gasteiger charge is -2.31. The van der Waals surface area contributed by atoms with Crippen molar-refractivity contribution < 1.29 is 50.2 Å². The van der Waals surface area contributed by atoms with Crippen molar-refractivity contribution >= 4 is 17.7 Å². The lowest BCUT2D eigenvalue weighted by atomic mass is 9.97. The van der Waals surface area contributed by atoms with E-state index >= 15 is 0 Å². The fourth-order valence-electron chi connectivity index (χ4n) is 10.7. The molecule has 12 rings (SSSR count). The number of ether oxygens (including phenoxy) is 2. The molecule has 86 heavy (non-hydrogen) atoms. The Balaban J connectivity index is 0.000000171. The van der Waals surface area contributed by atoms with E-state index in [1.165, 1.54) is 45.2 Å². The second-order valence-corrected chi connectivity index (χ2v) is 21.6. The zero-order chi connectivity index (χ0) is 60.2. The molecule has 3 amide bonds. The minimum Gasteiger partial charge on any atom is -0.493 e. The molecule has 0 radical (unpaired) electrons. The fraction of sp³-hybridized carbons (Fsp3) is 0.279. The summed E-state index contributed by atoms with van der Waals surface area (Å²) in [5, 5.41) is 3.25. The number of piperidine rings is 2. The van der Waals surface area contributed by atoms with Gasteiger partial charge in [-0.15, -0.1) is 0 Å². The number of fused-ring (bicyclic) bond motifs is 2. The molecule has 0 saturated carbocycles. The van der Waals surface area contributed by atoms with Crippen LogP contribution >= 0.6 is 0 Å². The number of nitrogens with zero attached hydrogens (tertiary/aromatic N) is 5. The summed E-state index contributed by atoms with van der Waals surface area (Å²) in [5.41, 5.74) is 18.1. The zero-order valence-electron chi connectivity index (χ0n) is 47.3. The Morgan fingerprint density at radius 2 is 0.907 bits per heavy atom. The topological polar surface area (TPSA) is 143 Å². The maximum absolute atomic E-state index is 13.7. The van der Waals surface area contributed by atoms with E-state index < -0.39 is 11.8 Å². The van der Waals surface area contributed by atoms with Crippen LogP contribution < -0.4 is 20.5 Å². The smallest absolute Gasteiger partial charge is 0.253 e. The fourth-order valence-corrected chi connectivity index (χ4v) is 10.7. The van der Waals surface area contributed by atoms with E-state index in [-0.39, 0.29) is 81.2 Å². The van der Waals surface area contributed by atoms with Crippen molar-refractivity contribution in [2.24, 2.45) is 5.73 Å². The van der Waals surface area contributed by atoms with Crippen LogP contribution in [0.1, 0.15) is 81.5 Å². The van der Waals surface area contributed by atoms with Gasteiger partial charge in [0.2, 0.25) is 5.91 Å². The summed E-state index contributed by atoms with van der Waals surface area (Å²) >= 11 is 0. The Kier molecular flexibility index (Phi) is 19.2. The summed E-state index contributed by atoms with van der Waals surface area (Å²) < 4.78 is 92.9. The van der Waals surface area contributed by atoms with Gasteiger partial charge in [0.05, 0.1) is 6.61 Å². The maximum Gasteiger partial charge on any atom is 0.253 e. The number of carbonyl (C=O) groups is 3. The largest absolute Gasteiger partial charge is 0.493 e. The lowest BCUT2D eigenvalue weighted by Crippen LogP contribution is -2.42. The number of alkyl halides is 4. The van der Waals surface area contributed by atoms with E-state index in [0.717, 1.165) is 68.7 Å². The van der Waals surface area contributed by atoms with Gasteiger partial charge in [-0.2, -0.15) is 0 Å². The number of rotatable bonds is 14. The van der Waals surface area contributed by atoms with E-state index in [2.05, 4.69) is 21.4 Å². The second-order valence-electron chi connectivity index (χ2n) is 21.6. The van der Waals surface area contributed by atoms with E-state index in [0.29, 0.717) is 68.3 Å². The van der Waals surface area contributed by atoms with Crippen LogP contribution in [-0.2, 0) is 31.0 Å². The Labute approximate surface area is 495 Å². The van der Waals surface area contributed by atoms with Gasteiger partial charge in [-0.3, -0.25) is 24.4 Å². The molecule has 0 spiro atoms. The maximum atomic E-state index is 13.7. The van der Waals surface area contributed by atoms with Crippen molar-refractivity contribution in [2.75, 3.05) is 45.9 Å². The molecule has 12 nitrogen and oxygen atoms in total. The standard InChI is InChI=1S/C35H32F3N3O3.C26H25F3N2O2.C7H8N2/c36-30-10-7-25(8-11-30)31-20-27(24-3-5-26(6-4-24)34(43)40-17-14-35(37,38)15-18-40)9-12-32(31)44-19-1-2-33(42)41-22-28-13-16-39-21-29(28)23-41;27-22-8-5-19(6-9-22)23-17-21(7-10-24(23)33-16-13-30)18-1-3-20(4-2-18)25(32)31-14-11-26(28,29)12-15-31;1-2-8-4-7-5-9-3-6(1)7/h3-13,16,20-21H,1-2,14-15,17-19,22-23H2;1-10,17H,11-16,30H2;1-2,4,9H,3,5H2. The minimum absolute atomic E-state index is 0.0362. The number of pyridine rings is 2. The molecule has 8 aromatic rings. The minimum atomic E-state index is -2.71. The van der Waals surface area contributed by atoms with Crippen LogP contribution in [0.2, 0.25) is 0 Å². The van der Waals surface area contributed by atoms with Crippen LogP contribution in [0.25, 0.3) is 44.5 Å². The molecule has 6 aromatic carbocycles. The first-order chi connectivity index (χ1) is 41.6. The molecule has 3 N–H and O–H groups in total. The number of carbonyl (C=O) groups excluding carboxylic acids is 3. The van der Waals surface area contributed by atoms with Crippen molar-refractivity contribution in [3.8, 4) is 56.0 Å². The number of likely N-dealkylation sites (tertiary alicyclic amines) is 2. The molecule has 0 bridgehead atoms. The summed E-state index contributed by atoms with van der Waals surface area (Å²) in [4.78, 5) is 51.3. The van der Waals surface area contributed by atoms with Gasteiger partial charge in [0, 0.05) is 138 Å². The molecule has 0 unspecified atom stereocenters. The summed E-state index contributed by atoms with van der Waals surface area (Å²) in [7, 11) is 0. The first-order valence-electron chi connectivity index (χ1n) is 28.7. The van der Waals surface area contributed by atoms with E-state index in [1.807, 2.05) is 90.2 Å². The Morgan fingerprint density at radius 3 is 1.37 bits per heavy atom. The first kappa shape index (κ1) is 60.3. The van der Waals surface area contributed by atoms with Crippen LogP contribution in [0.3, 0.4) is 0 Å². The van der Waals surface area contributed by atoms with Crippen LogP contribution in [0.15, 0.2) is 170 Å². The Morgan fingerprint density at radius 1 is 0.488 bits per heavy atom. The molecule has 0 atom stereocenters. The van der Waals surface area contributed by atoms with Crippen LogP contribution in [0.5, 0.6) is 11.5 Å². The monoisotopic (exact) mass is 1170 g/mol. The van der Waals surface area contributed by atoms with Gasteiger partial charge < -0.3 is 35.2 Å². The molecule has 2 aromatic heterocycles. The molecule has 6 heterocycles. The third-order valence-corrected chi connectivity index (χ3v) is 15.6. The van der Waals surface area contributed by atoms with Gasteiger partial charge >= 0.3 is 0 Å². The van der Waals surface area contributed by atoms with Crippen molar-refractivity contribution in [3.63, 3.8) is 0 Å². The van der Waals surface area contributed by atoms with Crippen LogP contribution in [-0.4, -0.2) is 100 Å². The van der Waals surface area contributed by atoms with E-state index in [1.54, 1.807) is 54.7 Å². The number of hydrogen-bond acceptors (Lipinski definition) is 9. The van der Waals surface area contributed by atoms with Gasteiger partial charge in [0.15, 0.2) is 0 Å². The van der Waals surface area contributed by atoms with Crippen molar-refractivity contribution in [2.45, 2.75) is 76.5 Å². The summed E-state index contributed by atoms with van der Waals surface area (Å²) in [6.45, 7) is 4.41. The second kappa shape index (κ2) is 27.4. The predicted molar refractivity (Wildman–Crippen MR) is 317 cm³/mol. The van der Waals surface area contributed by atoms with Gasteiger partial charge in [-0.1, -0.05) is 60.7 Å². The number of amides is 3. The molecule has 2 fully saturated rings. The van der Waals surface area contributed by atoms with Crippen molar-refractivity contribution in [1.29, 1.82) is 0 Å². The van der Waals surface area contributed by atoms with Gasteiger partial charge in [0.1, 0.15) is 29.7 Å². The highest BCUT2D eigenvalue weighted by molar-refractivity contribution is 5.96.